The summed E-state index contributed by atoms with van der Waals surface area (Å²) in [6, 6.07) is 15.8. The molecule has 104 valence electrons. The van der Waals surface area contributed by atoms with Gasteiger partial charge in [0.25, 0.3) is 0 Å². The largest absolute Gasteiger partial charge is 0.465 e. The van der Waals surface area contributed by atoms with E-state index in [1.165, 1.54) is 18.2 Å². The van der Waals surface area contributed by atoms with E-state index >= 15 is 0 Å². The fourth-order valence-corrected chi connectivity index (χ4v) is 2.25. The van der Waals surface area contributed by atoms with Gasteiger partial charge in [-0.3, -0.25) is 0 Å². The number of ether oxygens (including phenoxy) is 1. The van der Waals surface area contributed by atoms with Crippen LogP contribution in [0.15, 0.2) is 48.5 Å². The number of nitrogens with one attached hydrogen (secondary N) is 1. The molecule has 1 atom stereocenters. The summed E-state index contributed by atoms with van der Waals surface area (Å²) in [5, 5.41) is 3.41. The number of methoxy groups -OCH3 is 1. The molecule has 0 spiro atoms. The van der Waals surface area contributed by atoms with E-state index < -0.39 is 0 Å². The van der Waals surface area contributed by atoms with Gasteiger partial charge in [-0.2, -0.15) is 0 Å². The summed E-state index contributed by atoms with van der Waals surface area (Å²) >= 11 is 0. The zero-order valence-corrected chi connectivity index (χ0v) is 12.0. The van der Waals surface area contributed by atoms with Crippen LogP contribution in [0, 0.1) is 6.92 Å². The SMILES string of the molecule is COC(=O)c1cccc(NC(C)c2ccccc2C)c1. The minimum Gasteiger partial charge on any atom is -0.465 e. The van der Waals surface area contributed by atoms with Gasteiger partial charge in [-0.15, -0.1) is 0 Å². The Balaban J connectivity index is 2.18. The molecule has 0 aliphatic carbocycles. The first-order valence-electron chi connectivity index (χ1n) is 6.62. The molecule has 2 aromatic rings. The highest BCUT2D eigenvalue weighted by Crippen LogP contribution is 2.22. The first kappa shape index (κ1) is 14.1. The fraction of sp³-hybridized carbons (Fsp3) is 0.235. The van der Waals surface area contributed by atoms with E-state index in [0.29, 0.717) is 5.56 Å². The van der Waals surface area contributed by atoms with Gasteiger partial charge < -0.3 is 10.1 Å². The van der Waals surface area contributed by atoms with Crippen LogP contribution in [0.3, 0.4) is 0 Å². The van der Waals surface area contributed by atoms with Gasteiger partial charge in [0.2, 0.25) is 0 Å². The van der Waals surface area contributed by atoms with Crippen molar-refractivity contribution in [3.05, 3.63) is 65.2 Å². The molecule has 2 aromatic carbocycles. The van der Waals surface area contributed by atoms with Gasteiger partial charge in [0.1, 0.15) is 0 Å². The summed E-state index contributed by atoms with van der Waals surface area (Å²) in [6.45, 7) is 4.20. The second-order valence-corrected chi connectivity index (χ2v) is 4.79. The summed E-state index contributed by atoms with van der Waals surface area (Å²) in [7, 11) is 1.39. The van der Waals surface area contributed by atoms with Crippen molar-refractivity contribution in [1.82, 2.24) is 0 Å². The molecule has 0 bridgehead atoms. The Morgan fingerprint density at radius 3 is 2.60 bits per heavy atom. The smallest absolute Gasteiger partial charge is 0.337 e. The molecule has 1 N–H and O–H groups in total. The molecular formula is C17H19NO2. The van der Waals surface area contributed by atoms with Gasteiger partial charge in [-0.25, -0.2) is 4.79 Å². The van der Waals surface area contributed by atoms with Gasteiger partial charge in [0, 0.05) is 11.7 Å². The van der Waals surface area contributed by atoms with E-state index in [2.05, 4.69) is 31.3 Å². The lowest BCUT2D eigenvalue weighted by Crippen LogP contribution is -2.09. The van der Waals surface area contributed by atoms with Gasteiger partial charge in [0.15, 0.2) is 0 Å². The molecule has 0 saturated carbocycles. The molecule has 0 saturated heterocycles. The zero-order valence-electron chi connectivity index (χ0n) is 12.0. The Morgan fingerprint density at radius 1 is 1.15 bits per heavy atom. The molecule has 0 heterocycles. The molecule has 0 aliphatic heterocycles. The fourth-order valence-electron chi connectivity index (χ4n) is 2.25. The molecule has 2 rings (SSSR count). The number of carbonyl (C=O) groups excluding carboxylic acids is 1. The number of esters is 1. The monoisotopic (exact) mass is 269 g/mol. The zero-order chi connectivity index (χ0) is 14.5. The molecule has 0 fully saturated rings. The first-order chi connectivity index (χ1) is 9.61. The van der Waals surface area contributed by atoms with Crippen molar-refractivity contribution in [2.24, 2.45) is 0 Å². The Hall–Kier alpha value is -2.29. The van der Waals surface area contributed by atoms with Crippen molar-refractivity contribution in [3.8, 4) is 0 Å². The summed E-state index contributed by atoms with van der Waals surface area (Å²) < 4.78 is 4.73. The van der Waals surface area contributed by atoms with Crippen LogP contribution in [0.1, 0.15) is 34.5 Å². The Labute approximate surface area is 119 Å². The second kappa shape index (κ2) is 6.24. The maximum Gasteiger partial charge on any atom is 0.337 e. The summed E-state index contributed by atoms with van der Waals surface area (Å²) in [5.74, 6) is -0.322. The van der Waals surface area contributed by atoms with Crippen molar-refractivity contribution in [3.63, 3.8) is 0 Å². The van der Waals surface area contributed by atoms with Crippen LogP contribution < -0.4 is 5.32 Å². The third-order valence-corrected chi connectivity index (χ3v) is 3.32. The lowest BCUT2D eigenvalue weighted by molar-refractivity contribution is 0.0601. The summed E-state index contributed by atoms with van der Waals surface area (Å²) in [5.41, 5.74) is 3.95. The average Bonchev–Trinajstić information content (AvgIpc) is 2.47. The maximum absolute atomic E-state index is 11.5. The van der Waals surface area contributed by atoms with Crippen molar-refractivity contribution in [2.75, 3.05) is 12.4 Å². The van der Waals surface area contributed by atoms with Gasteiger partial charge >= 0.3 is 5.97 Å². The van der Waals surface area contributed by atoms with Crippen LogP contribution in [0.2, 0.25) is 0 Å². The van der Waals surface area contributed by atoms with Crippen LogP contribution in [-0.4, -0.2) is 13.1 Å². The lowest BCUT2D eigenvalue weighted by Gasteiger charge is -2.18. The number of aryl methyl sites for hydroxylation is 1. The first-order valence-corrected chi connectivity index (χ1v) is 6.62. The molecule has 3 nitrogen and oxygen atoms in total. The van der Waals surface area contributed by atoms with Crippen LogP contribution in [-0.2, 0) is 4.74 Å². The standard InChI is InChI=1S/C17H19NO2/c1-12-7-4-5-10-16(12)13(2)18-15-9-6-8-14(11-15)17(19)20-3/h4-11,13,18H,1-3H3. The van der Waals surface area contributed by atoms with E-state index in [0.717, 1.165) is 5.69 Å². The normalized spacial score (nSPS) is 11.8. The van der Waals surface area contributed by atoms with E-state index in [4.69, 9.17) is 4.74 Å². The molecule has 1 unspecified atom stereocenters. The average molecular weight is 269 g/mol. The Morgan fingerprint density at radius 2 is 1.90 bits per heavy atom. The number of hydrogen-bond donors (Lipinski definition) is 1. The molecule has 0 aromatic heterocycles. The predicted octanol–water partition coefficient (Wildman–Crippen LogP) is 3.95. The van der Waals surface area contributed by atoms with E-state index in [1.807, 2.05) is 24.3 Å². The molecular weight excluding hydrogens is 250 g/mol. The quantitative estimate of drug-likeness (QED) is 0.854. The second-order valence-electron chi connectivity index (χ2n) is 4.79. The number of hydrogen-bond acceptors (Lipinski definition) is 3. The van der Waals surface area contributed by atoms with Crippen LogP contribution >= 0.6 is 0 Å². The van der Waals surface area contributed by atoms with Gasteiger partial charge in [-0.05, 0) is 43.2 Å². The van der Waals surface area contributed by atoms with Crippen molar-refractivity contribution in [2.45, 2.75) is 19.9 Å². The molecule has 0 radical (unpaired) electrons. The van der Waals surface area contributed by atoms with Crippen LogP contribution in [0.25, 0.3) is 0 Å². The molecule has 3 heteroatoms. The van der Waals surface area contributed by atoms with Crippen molar-refractivity contribution >= 4 is 11.7 Å². The Kier molecular flexibility index (Phi) is 4.41. The third-order valence-electron chi connectivity index (χ3n) is 3.32. The lowest BCUT2D eigenvalue weighted by atomic mass is 10.0. The molecule has 0 amide bonds. The van der Waals surface area contributed by atoms with Crippen molar-refractivity contribution < 1.29 is 9.53 Å². The minimum absolute atomic E-state index is 0.170. The molecule has 20 heavy (non-hydrogen) atoms. The maximum atomic E-state index is 11.5. The highest BCUT2D eigenvalue weighted by Gasteiger charge is 2.10. The number of anilines is 1. The number of rotatable bonds is 4. The predicted molar refractivity (Wildman–Crippen MR) is 81.0 cm³/mol. The summed E-state index contributed by atoms with van der Waals surface area (Å²) in [6.07, 6.45) is 0. The highest BCUT2D eigenvalue weighted by atomic mass is 16.5. The van der Waals surface area contributed by atoms with E-state index in [1.54, 1.807) is 12.1 Å². The number of benzene rings is 2. The van der Waals surface area contributed by atoms with Crippen LogP contribution in [0.4, 0.5) is 5.69 Å². The molecule has 0 aliphatic rings. The van der Waals surface area contributed by atoms with Gasteiger partial charge in [-0.1, -0.05) is 30.3 Å². The van der Waals surface area contributed by atoms with E-state index in [9.17, 15) is 4.79 Å². The third kappa shape index (κ3) is 3.18. The summed E-state index contributed by atoms with van der Waals surface area (Å²) in [4.78, 5) is 11.5. The minimum atomic E-state index is -0.322. The van der Waals surface area contributed by atoms with Crippen LogP contribution in [0.5, 0.6) is 0 Å². The Bertz CT molecular complexity index is 607. The van der Waals surface area contributed by atoms with Crippen molar-refractivity contribution in [1.29, 1.82) is 0 Å². The van der Waals surface area contributed by atoms with Gasteiger partial charge in [0.05, 0.1) is 12.7 Å². The number of carbonyl (C=O) groups is 1. The van der Waals surface area contributed by atoms with E-state index in [-0.39, 0.29) is 12.0 Å². The highest BCUT2D eigenvalue weighted by molar-refractivity contribution is 5.90. The topological polar surface area (TPSA) is 38.3 Å².